The van der Waals surface area contributed by atoms with E-state index in [-0.39, 0.29) is 29.3 Å². The van der Waals surface area contributed by atoms with E-state index < -0.39 is 0 Å². The monoisotopic (exact) mass is 374 g/mol. The minimum absolute atomic E-state index is 0.103. The number of aromatic nitrogens is 2. The topological polar surface area (TPSA) is 70.3 Å². The van der Waals surface area contributed by atoms with E-state index in [9.17, 15) is 14.4 Å². The van der Waals surface area contributed by atoms with Gasteiger partial charge in [0.1, 0.15) is 11.1 Å². The Bertz CT molecular complexity index is 1280. The van der Waals surface area contributed by atoms with Crippen molar-refractivity contribution >= 4 is 33.9 Å². The van der Waals surface area contributed by atoms with E-state index in [1.54, 1.807) is 41.9 Å². The molecule has 0 radical (unpaired) electrons. The molecule has 2 aromatic heterocycles. The number of nitrogens with zero attached hydrogens (tertiary/aromatic N) is 2. The van der Waals surface area contributed by atoms with Gasteiger partial charge in [0.25, 0.3) is 5.56 Å². The number of para-hydroxylation sites is 1. The van der Waals surface area contributed by atoms with E-state index in [0.29, 0.717) is 28.3 Å². The lowest BCUT2D eigenvalue weighted by molar-refractivity contribution is 0.0972. The van der Waals surface area contributed by atoms with Gasteiger partial charge in [-0.05, 0) is 6.07 Å². The highest BCUT2D eigenvalue weighted by molar-refractivity contribution is 6.10. The van der Waals surface area contributed by atoms with Crippen LogP contribution >= 0.6 is 0 Å². The Morgan fingerprint density at radius 3 is 2.43 bits per heavy atom. The summed E-state index contributed by atoms with van der Waals surface area (Å²) in [6.07, 6.45) is 0.673. The number of aldehydes is 1. The van der Waals surface area contributed by atoms with Crippen LogP contribution in [-0.4, -0.2) is 28.3 Å². The third kappa shape index (κ3) is 2.53. The molecule has 28 heavy (non-hydrogen) atoms. The molecule has 0 atom stereocenters. The maximum Gasteiger partial charge on any atom is 0.264 e. The highest BCUT2D eigenvalue weighted by Crippen LogP contribution is 2.33. The lowest BCUT2D eigenvalue weighted by Crippen LogP contribution is -2.25. The predicted molar refractivity (Wildman–Crippen MR) is 107 cm³/mol. The average Bonchev–Trinajstić information content (AvgIpc) is 3.03. The fraction of sp³-hybridized carbons (Fsp3) is 0.136. The van der Waals surface area contributed by atoms with Gasteiger partial charge in [-0.25, -0.2) is 0 Å². The summed E-state index contributed by atoms with van der Waals surface area (Å²) in [5.74, 6) is 0.0573. The first-order valence-electron chi connectivity index (χ1n) is 8.79. The second-order valence-electron chi connectivity index (χ2n) is 6.52. The van der Waals surface area contributed by atoms with Crippen LogP contribution in [0.2, 0.25) is 0 Å². The van der Waals surface area contributed by atoms with Crippen molar-refractivity contribution in [3.8, 4) is 5.75 Å². The molecule has 0 unspecified atom stereocenters. The van der Waals surface area contributed by atoms with Crippen molar-refractivity contribution in [2.24, 2.45) is 7.05 Å². The average molecular weight is 374 g/mol. The number of rotatable bonds is 5. The van der Waals surface area contributed by atoms with Crippen LogP contribution in [-0.2, 0) is 13.6 Å². The van der Waals surface area contributed by atoms with Crippen molar-refractivity contribution in [3.05, 3.63) is 76.2 Å². The number of Topliss-reactive ketones (excluding diaryl/α,β-unsaturated/α-hetero) is 1. The quantitative estimate of drug-likeness (QED) is 0.397. The number of hydrogen-bond donors (Lipinski definition) is 0. The van der Waals surface area contributed by atoms with Crippen molar-refractivity contribution < 1.29 is 14.3 Å². The molecule has 0 aliphatic carbocycles. The summed E-state index contributed by atoms with van der Waals surface area (Å²) >= 11 is 0. The van der Waals surface area contributed by atoms with Crippen LogP contribution in [0.4, 0.5) is 0 Å². The van der Waals surface area contributed by atoms with Crippen LogP contribution in [0.15, 0.2) is 59.4 Å². The van der Waals surface area contributed by atoms with Crippen LogP contribution in [0.3, 0.4) is 0 Å². The summed E-state index contributed by atoms with van der Waals surface area (Å²) in [4.78, 5) is 37.8. The molecule has 0 amide bonds. The van der Waals surface area contributed by atoms with Crippen LogP contribution < -0.4 is 10.3 Å². The summed E-state index contributed by atoms with van der Waals surface area (Å²) in [6, 6.07) is 16.2. The number of pyridine rings is 1. The Labute approximate surface area is 160 Å². The molecule has 0 saturated heterocycles. The normalized spacial score (nSPS) is 11.1. The van der Waals surface area contributed by atoms with Crippen molar-refractivity contribution in [2.75, 3.05) is 7.11 Å². The van der Waals surface area contributed by atoms with Gasteiger partial charge in [0, 0.05) is 18.0 Å². The largest absolute Gasteiger partial charge is 0.494 e. The van der Waals surface area contributed by atoms with E-state index in [2.05, 4.69) is 0 Å². The number of benzene rings is 2. The zero-order valence-electron chi connectivity index (χ0n) is 15.5. The van der Waals surface area contributed by atoms with Gasteiger partial charge in [-0.2, -0.15) is 0 Å². The zero-order valence-corrected chi connectivity index (χ0v) is 15.5. The summed E-state index contributed by atoms with van der Waals surface area (Å²) in [5, 5.41) is 1.07. The van der Waals surface area contributed by atoms with Crippen LogP contribution in [0.1, 0.15) is 20.8 Å². The molecule has 0 saturated carbocycles. The fourth-order valence-electron chi connectivity index (χ4n) is 3.70. The highest BCUT2D eigenvalue weighted by Gasteiger charge is 2.23. The molecular weight excluding hydrogens is 356 g/mol. The maximum atomic E-state index is 13.4. The smallest absolute Gasteiger partial charge is 0.264 e. The SMILES string of the molecule is COc1c(C=O)n(C)c2c1c(=O)n(CC(=O)c1ccccc1)c1ccccc21. The van der Waals surface area contributed by atoms with Gasteiger partial charge in [0.2, 0.25) is 0 Å². The molecule has 4 rings (SSSR count). The molecule has 0 N–H and O–H groups in total. The van der Waals surface area contributed by atoms with Crippen molar-refractivity contribution in [1.82, 2.24) is 9.13 Å². The maximum absolute atomic E-state index is 13.4. The number of carbonyl (C=O) groups excluding carboxylic acids is 2. The van der Waals surface area contributed by atoms with Crippen molar-refractivity contribution in [2.45, 2.75) is 6.54 Å². The lowest BCUT2D eigenvalue weighted by Gasteiger charge is -2.12. The number of aryl methyl sites for hydroxylation is 1. The minimum atomic E-state index is -0.362. The molecule has 0 bridgehead atoms. The lowest BCUT2D eigenvalue weighted by atomic mass is 10.1. The Morgan fingerprint density at radius 2 is 1.75 bits per heavy atom. The Hall–Kier alpha value is -3.67. The molecule has 0 fully saturated rings. The second kappa shape index (κ2) is 6.81. The van der Waals surface area contributed by atoms with Gasteiger partial charge < -0.3 is 9.30 Å². The van der Waals surface area contributed by atoms with Crippen molar-refractivity contribution in [3.63, 3.8) is 0 Å². The van der Waals surface area contributed by atoms with Gasteiger partial charge in [-0.3, -0.25) is 19.0 Å². The number of methoxy groups -OCH3 is 1. The summed E-state index contributed by atoms with van der Waals surface area (Å²) in [6.45, 7) is -0.103. The molecule has 0 aliphatic rings. The fourth-order valence-corrected chi connectivity index (χ4v) is 3.70. The molecule has 0 aliphatic heterocycles. The molecule has 4 aromatic rings. The standard InChI is InChI=1S/C22H18N2O4/c1-23-17(13-25)21(28-2)19-20(23)15-10-6-7-11-16(15)24(22(19)27)12-18(26)14-8-4-3-5-9-14/h3-11,13H,12H2,1-2H3. The first-order chi connectivity index (χ1) is 13.6. The third-order valence-electron chi connectivity index (χ3n) is 5.02. The Balaban J connectivity index is 2.06. The van der Waals surface area contributed by atoms with Gasteiger partial charge >= 0.3 is 0 Å². The minimum Gasteiger partial charge on any atom is -0.494 e. The van der Waals surface area contributed by atoms with Gasteiger partial charge in [-0.15, -0.1) is 0 Å². The third-order valence-corrected chi connectivity index (χ3v) is 5.02. The second-order valence-corrected chi connectivity index (χ2v) is 6.52. The van der Waals surface area contributed by atoms with Crippen LogP contribution in [0.5, 0.6) is 5.75 Å². The number of hydrogen-bond acceptors (Lipinski definition) is 4. The predicted octanol–water partition coefficient (Wildman–Crippen LogP) is 3.20. The molecule has 140 valence electrons. The zero-order chi connectivity index (χ0) is 19.8. The summed E-state index contributed by atoms with van der Waals surface area (Å²) in [7, 11) is 3.15. The van der Waals surface area contributed by atoms with Crippen LogP contribution in [0.25, 0.3) is 21.8 Å². The number of ketones is 1. The van der Waals surface area contributed by atoms with E-state index in [1.165, 1.54) is 11.7 Å². The summed E-state index contributed by atoms with van der Waals surface area (Å²) < 4.78 is 8.50. The summed E-state index contributed by atoms with van der Waals surface area (Å²) in [5.41, 5.74) is 1.70. The van der Waals surface area contributed by atoms with Gasteiger partial charge in [0.05, 0.1) is 24.7 Å². The van der Waals surface area contributed by atoms with Crippen molar-refractivity contribution in [1.29, 1.82) is 0 Å². The molecule has 2 heterocycles. The first kappa shape index (κ1) is 17.7. The number of carbonyl (C=O) groups is 2. The molecule has 6 heteroatoms. The molecule has 6 nitrogen and oxygen atoms in total. The molecule has 0 spiro atoms. The Morgan fingerprint density at radius 1 is 1.07 bits per heavy atom. The van der Waals surface area contributed by atoms with E-state index in [0.717, 1.165) is 5.39 Å². The van der Waals surface area contributed by atoms with Crippen LogP contribution in [0, 0.1) is 0 Å². The van der Waals surface area contributed by atoms with E-state index in [1.807, 2.05) is 24.3 Å². The molecule has 2 aromatic carbocycles. The van der Waals surface area contributed by atoms with Gasteiger partial charge in [0.15, 0.2) is 17.8 Å². The highest BCUT2D eigenvalue weighted by atomic mass is 16.5. The number of ether oxygens (including phenoxy) is 1. The molecular formula is C22H18N2O4. The van der Waals surface area contributed by atoms with E-state index in [4.69, 9.17) is 4.74 Å². The van der Waals surface area contributed by atoms with Gasteiger partial charge in [-0.1, -0.05) is 48.5 Å². The number of fused-ring (bicyclic) bond motifs is 3. The van der Waals surface area contributed by atoms with E-state index >= 15 is 0 Å². The Kier molecular flexibility index (Phi) is 4.31. The first-order valence-corrected chi connectivity index (χ1v) is 8.79.